The number of carbonyl (C=O) groups is 4. The Bertz CT molecular complexity index is 998. The number of nitro groups is 1. The Hall–Kier alpha value is -4.08. The third-order valence-electron chi connectivity index (χ3n) is 3.93. The summed E-state index contributed by atoms with van der Waals surface area (Å²) in [4.78, 5) is 57.7. The molecule has 30 heavy (non-hydrogen) atoms. The zero-order valence-corrected chi connectivity index (χ0v) is 16.2. The predicted octanol–water partition coefficient (Wildman–Crippen LogP) is 2.77. The van der Waals surface area contributed by atoms with Crippen LogP contribution < -0.4 is 5.32 Å². The summed E-state index contributed by atoms with van der Waals surface area (Å²) < 4.78 is 9.44. The number of esters is 2. The van der Waals surface area contributed by atoms with Crippen LogP contribution >= 0.6 is 0 Å². The summed E-state index contributed by atoms with van der Waals surface area (Å²) in [5.41, 5.74) is -0.209. The number of ether oxygens (including phenoxy) is 2. The molecule has 10 nitrogen and oxygen atoms in total. The largest absolute Gasteiger partial charge is 0.465 e. The van der Waals surface area contributed by atoms with Crippen LogP contribution in [0.4, 0.5) is 11.4 Å². The highest BCUT2D eigenvalue weighted by Crippen LogP contribution is 2.19. The van der Waals surface area contributed by atoms with E-state index >= 15 is 0 Å². The highest BCUT2D eigenvalue weighted by atomic mass is 16.6. The topological polar surface area (TPSA) is 142 Å². The Labute approximate surface area is 170 Å². The van der Waals surface area contributed by atoms with Crippen LogP contribution in [0.25, 0.3) is 0 Å². The number of rotatable bonds is 8. The summed E-state index contributed by atoms with van der Waals surface area (Å²) in [6.45, 7) is 1.09. The van der Waals surface area contributed by atoms with Crippen molar-refractivity contribution in [2.45, 2.75) is 13.3 Å². The number of amides is 1. The molecule has 0 aliphatic heterocycles. The van der Waals surface area contributed by atoms with Crippen molar-refractivity contribution < 1.29 is 33.6 Å². The van der Waals surface area contributed by atoms with Crippen LogP contribution in [0.1, 0.15) is 44.4 Å². The number of nitrogens with zero attached hydrogens (tertiary/aromatic N) is 1. The molecule has 0 radical (unpaired) electrons. The number of anilines is 1. The fourth-order valence-corrected chi connectivity index (χ4v) is 2.36. The van der Waals surface area contributed by atoms with Crippen LogP contribution in [0.3, 0.4) is 0 Å². The van der Waals surface area contributed by atoms with Gasteiger partial charge in [0.2, 0.25) is 5.91 Å². The minimum Gasteiger partial charge on any atom is -0.465 e. The van der Waals surface area contributed by atoms with E-state index in [9.17, 15) is 29.3 Å². The van der Waals surface area contributed by atoms with Crippen LogP contribution in [0.5, 0.6) is 0 Å². The number of methoxy groups -OCH3 is 1. The van der Waals surface area contributed by atoms with Gasteiger partial charge in [0.1, 0.15) is 0 Å². The maximum atomic E-state index is 12.2. The van der Waals surface area contributed by atoms with Crippen molar-refractivity contribution in [2.75, 3.05) is 19.0 Å². The summed E-state index contributed by atoms with van der Waals surface area (Å²) in [5, 5.41) is 13.7. The van der Waals surface area contributed by atoms with Gasteiger partial charge in [0.15, 0.2) is 12.4 Å². The van der Waals surface area contributed by atoms with Crippen molar-refractivity contribution in [1.82, 2.24) is 0 Å². The van der Waals surface area contributed by atoms with Crippen molar-refractivity contribution in [3.8, 4) is 0 Å². The molecule has 156 valence electrons. The quantitative estimate of drug-likeness (QED) is 0.301. The van der Waals surface area contributed by atoms with Gasteiger partial charge in [-0.3, -0.25) is 19.7 Å². The molecule has 1 N–H and O–H groups in total. The third kappa shape index (κ3) is 5.71. The van der Waals surface area contributed by atoms with E-state index in [0.717, 1.165) is 25.3 Å². The Kier molecular flexibility index (Phi) is 7.34. The van der Waals surface area contributed by atoms with Gasteiger partial charge < -0.3 is 14.8 Å². The lowest BCUT2D eigenvalue weighted by Crippen LogP contribution is -2.15. The van der Waals surface area contributed by atoms with Crippen LogP contribution in [-0.2, 0) is 14.3 Å². The van der Waals surface area contributed by atoms with Crippen molar-refractivity contribution >= 4 is 35.0 Å². The number of benzene rings is 2. The molecule has 0 aromatic heterocycles. The van der Waals surface area contributed by atoms with Gasteiger partial charge >= 0.3 is 11.9 Å². The molecule has 1 amide bonds. The summed E-state index contributed by atoms with van der Waals surface area (Å²) in [5.74, 6) is -2.57. The van der Waals surface area contributed by atoms with Crippen LogP contribution in [0.2, 0.25) is 0 Å². The number of hydrogen-bond acceptors (Lipinski definition) is 8. The maximum absolute atomic E-state index is 12.2. The zero-order valence-electron chi connectivity index (χ0n) is 16.2. The van der Waals surface area contributed by atoms with Gasteiger partial charge in [0.05, 0.1) is 23.2 Å². The number of Topliss-reactive ketones (excluding diaryl/α,β-unsaturated/α-hetero) is 1. The number of nitrogens with one attached hydrogen (secondary N) is 1. The van der Waals surface area contributed by atoms with Gasteiger partial charge in [0, 0.05) is 29.8 Å². The second-order valence-electron chi connectivity index (χ2n) is 6.00. The van der Waals surface area contributed by atoms with E-state index in [1.54, 1.807) is 6.92 Å². The molecule has 0 spiro atoms. The number of carbonyl (C=O) groups excluding carboxylic acids is 4. The van der Waals surface area contributed by atoms with Gasteiger partial charge in [-0.25, -0.2) is 9.59 Å². The van der Waals surface area contributed by atoms with E-state index in [0.29, 0.717) is 12.1 Å². The van der Waals surface area contributed by atoms with Gasteiger partial charge in [-0.2, -0.15) is 0 Å². The van der Waals surface area contributed by atoms with Crippen molar-refractivity contribution in [1.29, 1.82) is 0 Å². The molecule has 0 aliphatic carbocycles. The second kappa shape index (κ2) is 9.92. The molecule has 0 fully saturated rings. The predicted molar refractivity (Wildman–Crippen MR) is 104 cm³/mol. The molecule has 2 aromatic carbocycles. The molecule has 0 heterocycles. The molecule has 10 heteroatoms. The number of non-ortho nitro benzene ring substituents is 1. The molecule has 0 saturated carbocycles. The normalized spacial score (nSPS) is 10.1. The average Bonchev–Trinajstić information content (AvgIpc) is 2.76. The number of ketones is 1. The maximum Gasteiger partial charge on any atom is 0.338 e. The SMILES string of the molecule is CCC(=O)Nc1ccc(C(=O)COC(=O)c2cc(C(=O)OC)cc([N+](=O)[O-])c2)cc1. The fourth-order valence-electron chi connectivity index (χ4n) is 2.36. The van der Waals surface area contributed by atoms with Gasteiger partial charge in [-0.05, 0) is 30.3 Å². The van der Waals surface area contributed by atoms with E-state index in [4.69, 9.17) is 4.74 Å². The Balaban J connectivity index is 2.08. The standard InChI is InChI=1S/C20H18N2O8/c1-3-18(24)21-15-6-4-12(5-7-15)17(23)11-30-20(26)14-8-13(19(25)29-2)9-16(10-14)22(27)28/h4-10H,3,11H2,1-2H3,(H,21,24). The molecule has 0 atom stereocenters. The van der Waals surface area contributed by atoms with Crippen molar-refractivity contribution in [2.24, 2.45) is 0 Å². The van der Waals surface area contributed by atoms with E-state index in [1.165, 1.54) is 24.3 Å². The first kappa shape index (κ1) is 22.2. The first-order valence-electron chi connectivity index (χ1n) is 8.73. The monoisotopic (exact) mass is 414 g/mol. The molecule has 0 bridgehead atoms. The van der Waals surface area contributed by atoms with Gasteiger partial charge in [0.25, 0.3) is 5.69 Å². The fraction of sp³-hybridized carbons (Fsp3) is 0.200. The first-order chi connectivity index (χ1) is 14.2. The van der Waals surface area contributed by atoms with Crippen molar-refractivity contribution in [3.63, 3.8) is 0 Å². The minimum absolute atomic E-state index is 0.175. The summed E-state index contributed by atoms with van der Waals surface area (Å²) in [7, 11) is 1.09. The van der Waals surface area contributed by atoms with Gasteiger partial charge in [-0.1, -0.05) is 6.92 Å². The van der Waals surface area contributed by atoms with E-state index in [2.05, 4.69) is 10.1 Å². The minimum atomic E-state index is -1.01. The molecule has 0 unspecified atom stereocenters. The number of nitro benzene ring substituents is 1. The number of hydrogen-bond donors (Lipinski definition) is 1. The molecule has 0 aliphatic rings. The molecular weight excluding hydrogens is 396 g/mol. The summed E-state index contributed by atoms with van der Waals surface area (Å²) >= 11 is 0. The smallest absolute Gasteiger partial charge is 0.338 e. The Morgan fingerprint density at radius 1 is 0.967 bits per heavy atom. The lowest BCUT2D eigenvalue weighted by Gasteiger charge is -2.07. The van der Waals surface area contributed by atoms with E-state index in [-0.39, 0.29) is 22.6 Å². The molecule has 2 rings (SSSR count). The Morgan fingerprint density at radius 3 is 2.10 bits per heavy atom. The van der Waals surface area contributed by atoms with E-state index in [1.807, 2.05) is 0 Å². The van der Waals surface area contributed by atoms with Crippen LogP contribution in [-0.4, -0.2) is 42.3 Å². The highest BCUT2D eigenvalue weighted by Gasteiger charge is 2.20. The molecular formula is C20H18N2O8. The summed E-state index contributed by atoms with van der Waals surface area (Å²) in [6.07, 6.45) is 0.311. The zero-order chi connectivity index (χ0) is 22.3. The van der Waals surface area contributed by atoms with Gasteiger partial charge in [-0.15, -0.1) is 0 Å². The third-order valence-corrected chi connectivity index (χ3v) is 3.93. The average molecular weight is 414 g/mol. The Morgan fingerprint density at radius 2 is 1.57 bits per heavy atom. The van der Waals surface area contributed by atoms with E-state index < -0.39 is 34.9 Å². The molecule has 2 aromatic rings. The van der Waals surface area contributed by atoms with Crippen LogP contribution in [0, 0.1) is 10.1 Å². The summed E-state index contributed by atoms with van der Waals surface area (Å²) in [6, 6.07) is 8.97. The second-order valence-corrected chi connectivity index (χ2v) is 6.00. The first-order valence-corrected chi connectivity index (χ1v) is 8.73. The van der Waals surface area contributed by atoms with Crippen LogP contribution in [0.15, 0.2) is 42.5 Å². The van der Waals surface area contributed by atoms with Crippen molar-refractivity contribution in [3.05, 3.63) is 69.3 Å². The molecule has 0 saturated heterocycles. The highest BCUT2D eigenvalue weighted by molar-refractivity contribution is 6.01. The lowest BCUT2D eigenvalue weighted by molar-refractivity contribution is -0.384. The lowest BCUT2D eigenvalue weighted by atomic mass is 10.1.